The number of carbonyl (C=O) groups is 1. The lowest BCUT2D eigenvalue weighted by Crippen LogP contribution is -2.25. The van der Waals surface area contributed by atoms with Crippen LogP contribution < -0.4 is 10.7 Å². The number of carbonyl (C=O) groups excluding carboxylic acids is 1. The van der Waals surface area contributed by atoms with Crippen molar-refractivity contribution >= 4 is 45.3 Å². The Morgan fingerprint density at radius 1 is 1.30 bits per heavy atom. The largest absolute Gasteiger partial charge is 0.448 e. The van der Waals surface area contributed by atoms with Crippen molar-refractivity contribution in [1.29, 1.82) is 0 Å². The summed E-state index contributed by atoms with van der Waals surface area (Å²) in [5, 5.41) is 7.38. The number of hydrazone groups is 1. The smallest absolute Gasteiger partial charge is 0.259 e. The summed E-state index contributed by atoms with van der Waals surface area (Å²) in [5.41, 5.74) is 3.20. The summed E-state index contributed by atoms with van der Waals surface area (Å²) in [4.78, 5) is 11.5. The maximum atomic E-state index is 11.5. The van der Waals surface area contributed by atoms with Crippen molar-refractivity contribution in [3.63, 3.8) is 0 Å². The van der Waals surface area contributed by atoms with Crippen molar-refractivity contribution in [3.05, 3.63) is 51.9 Å². The Bertz CT molecular complexity index is 610. The first-order valence-corrected chi connectivity index (χ1v) is 6.87. The lowest BCUT2D eigenvalue weighted by Gasteiger charge is -2.04. The van der Waals surface area contributed by atoms with Gasteiger partial charge in [-0.2, -0.15) is 5.10 Å². The van der Waals surface area contributed by atoms with E-state index in [9.17, 15) is 4.79 Å². The molecule has 0 aliphatic carbocycles. The summed E-state index contributed by atoms with van der Waals surface area (Å²) < 4.78 is 5.80. The molecule has 1 aromatic heterocycles. The molecular formula is C13H11BrClN3O2. The second kappa shape index (κ2) is 7.12. The number of nitrogens with one attached hydrogen (secondary N) is 2. The quantitative estimate of drug-likeness (QED) is 0.638. The van der Waals surface area contributed by atoms with Gasteiger partial charge in [-0.1, -0.05) is 11.6 Å². The molecule has 0 radical (unpaired) electrons. The summed E-state index contributed by atoms with van der Waals surface area (Å²) in [6, 6.07) is 10.5. The van der Waals surface area contributed by atoms with Crippen LogP contribution in [0.3, 0.4) is 0 Å². The Balaban J connectivity index is 1.75. The minimum atomic E-state index is -0.262. The van der Waals surface area contributed by atoms with E-state index in [0.717, 1.165) is 5.69 Å². The highest BCUT2D eigenvalue weighted by molar-refractivity contribution is 9.10. The average molecular weight is 357 g/mol. The van der Waals surface area contributed by atoms with Gasteiger partial charge in [-0.05, 0) is 52.3 Å². The van der Waals surface area contributed by atoms with Crippen LogP contribution in [0, 0.1) is 0 Å². The number of hydrogen-bond donors (Lipinski definition) is 2. The average Bonchev–Trinajstić information content (AvgIpc) is 2.84. The Morgan fingerprint density at radius 2 is 2.05 bits per heavy atom. The van der Waals surface area contributed by atoms with Crippen LogP contribution in [0.25, 0.3) is 0 Å². The Hall–Kier alpha value is -1.79. The van der Waals surface area contributed by atoms with Gasteiger partial charge in [0.1, 0.15) is 5.76 Å². The van der Waals surface area contributed by atoms with Crippen LogP contribution in [0.2, 0.25) is 5.02 Å². The van der Waals surface area contributed by atoms with Gasteiger partial charge in [0.25, 0.3) is 5.91 Å². The molecule has 0 atom stereocenters. The van der Waals surface area contributed by atoms with Gasteiger partial charge in [0, 0.05) is 10.7 Å². The zero-order valence-corrected chi connectivity index (χ0v) is 12.6. The zero-order chi connectivity index (χ0) is 14.4. The summed E-state index contributed by atoms with van der Waals surface area (Å²) in [7, 11) is 0. The topological polar surface area (TPSA) is 66.6 Å². The number of benzene rings is 1. The van der Waals surface area contributed by atoms with E-state index in [1.54, 1.807) is 36.4 Å². The molecule has 0 bridgehead atoms. The second-order valence-corrected chi connectivity index (χ2v) is 5.01. The lowest BCUT2D eigenvalue weighted by molar-refractivity contribution is -0.119. The summed E-state index contributed by atoms with van der Waals surface area (Å²) in [5.74, 6) is 0.282. The highest BCUT2D eigenvalue weighted by Crippen LogP contribution is 2.13. The normalized spacial score (nSPS) is 10.7. The summed E-state index contributed by atoms with van der Waals surface area (Å²) >= 11 is 8.94. The fourth-order valence-electron chi connectivity index (χ4n) is 1.36. The van der Waals surface area contributed by atoms with Gasteiger partial charge in [0.05, 0.1) is 12.8 Å². The van der Waals surface area contributed by atoms with Crippen LogP contribution in [-0.2, 0) is 4.79 Å². The Morgan fingerprint density at radius 3 is 2.70 bits per heavy atom. The van der Waals surface area contributed by atoms with Crippen molar-refractivity contribution < 1.29 is 9.21 Å². The minimum Gasteiger partial charge on any atom is -0.448 e. The number of halogens is 2. The summed E-state index contributed by atoms with van der Waals surface area (Å²) in [6.45, 7) is 0.112. The van der Waals surface area contributed by atoms with Crippen molar-refractivity contribution in [3.8, 4) is 0 Å². The van der Waals surface area contributed by atoms with Gasteiger partial charge >= 0.3 is 0 Å². The molecule has 2 N–H and O–H groups in total. The number of anilines is 1. The van der Waals surface area contributed by atoms with Crippen LogP contribution in [-0.4, -0.2) is 18.7 Å². The van der Waals surface area contributed by atoms with Crippen LogP contribution in [0.15, 0.2) is 50.6 Å². The van der Waals surface area contributed by atoms with Gasteiger partial charge in [0.15, 0.2) is 4.67 Å². The molecule has 2 rings (SSSR count). The first-order chi connectivity index (χ1) is 9.63. The van der Waals surface area contributed by atoms with E-state index in [1.807, 2.05) is 0 Å². The van der Waals surface area contributed by atoms with E-state index in [1.165, 1.54) is 6.21 Å². The maximum Gasteiger partial charge on any atom is 0.259 e. The van der Waals surface area contributed by atoms with E-state index in [0.29, 0.717) is 15.5 Å². The van der Waals surface area contributed by atoms with Crippen LogP contribution >= 0.6 is 27.5 Å². The Labute approximate surface area is 129 Å². The van der Waals surface area contributed by atoms with Crippen LogP contribution in [0.4, 0.5) is 5.69 Å². The van der Waals surface area contributed by atoms with Gasteiger partial charge in [-0.15, -0.1) is 0 Å². The molecule has 1 heterocycles. The fraction of sp³-hybridized carbons (Fsp3) is 0.0769. The molecule has 0 fully saturated rings. The first kappa shape index (κ1) is 14.6. The van der Waals surface area contributed by atoms with E-state index < -0.39 is 0 Å². The molecule has 7 heteroatoms. The van der Waals surface area contributed by atoms with Crippen molar-refractivity contribution in [2.45, 2.75) is 0 Å². The molecule has 0 saturated carbocycles. The van der Waals surface area contributed by atoms with Crippen LogP contribution in [0.5, 0.6) is 0 Å². The van der Waals surface area contributed by atoms with E-state index in [2.05, 4.69) is 31.8 Å². The SMILES string of the molecule is O=C(CNc1ccc(Cl)cc1)N/N=C\c1ccc(Br)o1. The fourth-order valence-corrected chi connectivity index (χ4v) is 1.80. The third-order valence-corrected chi connectivity index (χ3v) is 2.95. The molecule has 2 aromatic rings. The predicted octanol–water partition coefficient (Wildman–Crippen LogP) is 3.26. The number of hydrogen-bond acceptors (Lipinski definition) is 4. The molecule has 20 heavy (non-hydrogen) atoms. The predicted molar refractivity (Wildman–Crippen MR) is 82.1 cm³/mol. The summed E-state index contributed by atoms with van der Waals surface area (Å²) in [6.07, 6.45) is 1.42. The second-order valence-electron chi connectivity index (χ2n) is 3.80. The monoisotopic (exact) mass is 355 g/mol. The molecule has 5 nitrogen and oxygen atoms in total. The van der Waals surface area contributed by atoms with Gasteiger partial charge < -0.3 is 9.73 Å². The molecule has 0 saturated heterocycles. The lowest BCUT2D eigenvalue weighted by atomic mass is 10.3. The van der Waals surface area contributed by atoms with Gasteiger partial charge in [0.2, 0.25) is 0 Å². The maximum absolute atomic E-state index is 11.5. The van der Waals surface area contributed by atoms with Gasteiger partial charge in [-0.25, -0.2) is 5.43 Å². The molecular weight excluding hydrogens is 346 g/mol. The molecule has 1 amide bonds. The van der Waals surface area contributed by atoms with Crippen molar-refractivity contribution in [1.82, 2.24) is 5.43 Å². The molecule has 0 unspecified atom stereocenters. The molecule has 1 aromatic carbocycles. The van der Waals surface area contributed by atoms with E-state index in [-0.39, 0.29) is 12.5 Å². The van der Waals surface area contributed by atoms with Crippen molar-refractivity contribution in [2.75, 3.05) is 11.9 Å². The number of nitrogens with zero attached hydrogens (tertiary/aromatic N) is 1. The van der Waals surface area contributed by atoms with Crippen molar-refractivity contribution in [2.24, 2.45) is 5.10 Å². The van der Waals surface area contributed by atoms with Crippen LogP contribution in [0.1, 0.15) is 5.76 Å². The number of furan rings is 1. The number of amides is 1. The third kappa shape index (κ3) is 4.71. The molecule has 104 valence electrons. The zero-order valence-electron chi connectivity index (χ0n) is 10.3. The molecule has 0 aliphatic heterocycles. The highest BCUT2D eigenvalue weighted by Gasteiger charge is 2.00. The first-order valence-electron chi connectivity index (χ1n) is 5.70. The highest BCUT2D eigenvalue weighted by atomic mass is 79.9. The molecule has 0 spiro atoms. The minimum absolute atomic E-state index is 0.112. The Kier molecular flexibility index (Phi) is 5.20. The van der Waals surface area contributed by atoms with E-state index in [4.69, 9.17) is 16.0 Å². The molecule has 0 aliphatic rings. The number of rotatable bonds is 5. The third-order valence-electron chi connectivity index (χ3n) is 2.27. The van der Waals surface area contributed by atoms with Gasteiger partial charge in [-0.3, -0.25) is 4.79 Å². The standard InChI is InChI=1S/C13H11BrClN3O2/c14-12-6-5-11(20-12)7-17-18-13(19)8-16-10-3-1-9(15)2-4-10/h1-7,16H,8H2,(H,18,19)/b17-7-. The van der Waals surface area contributed by atoms with E-state index >= 15 is 0 Å².